The molecule has 0 unspecified atom stereocenters. The molecule has 0 radical (unpaired) electrons. The van der Waals surface area contributed by atoms with Crippen LogP contribution in [0.25, 0.3) is 0 Å². The molecule has 0 heterocycles. The number of nitrogens with one attached hydrogen (secondary N) is 2. The van der Waals surface area contributed by atoms with Crippen molar-refractivity contribution >= 4 is 35.0 Å². The minimum atomic E-state index is -0.311. The standard InChI is InChI=1S/C20H24N2O2S/c1-4-16-7-11-18(12-8-16)22-20(24)15(3)25-13-19(23)21-17-9-5-14(2)6-10-17/h5-12,15H,4,13H2,1-3H3,(H,21,23)(H,22,24)/t15-/m1/s1. The van der Waals surface area contributed by atoms with E-state index in [4.69, 9.17) is 0 Å². The average Bonchev–Trinajstić information content (AvgIpc) is 2.62. The Labute approximate surface area is 153 Å². The van der Waals surface area contributed by atoms with Gasteiger partial charge in [0.05, 0.1) is 11.0 Å². The third-order valence-corrected chi connectivity index (χ3v) is 4.94. The summed E-state index contributed by atoms with van der Waals surface area (Å²) in [6.07, 6.45) is 0.969. The first-order chi connectivity index (χ1) is 12.0. The number of thioether (sulfide) groups is 1. The lowest BCUT2D eigenvalue weighted by Gasteiger charge is -2.12. The van der Waals surface area contributed by atoms with Crippen LogP contribution in [0.1, 0.15) is 25.0 Å². The van der Waals surface area contributed by atoms with E-state index in [0.717, 1.165) is 23.4 Å². The fourth-order valence-corrected chi connectivity index (χ4v) is 2.86. The molecule has 0 spiro atoms. The zero-order valence-corrected chi connectivity index (χ0v) is 15.7. The van der Waals surface area contributed by atoms with E-state index in [-0.39, 0.29) is 22.8 Å². The molecule has 4 nitrogen and oxygen atoms in total. The number of amides is 2. The predicted molar refractivity (Wildman–Crippen MR) is 106 cm³/mol. The van der Waals surface area contributed by atoms with Gasteiger partial charge in [0.2, 0.25) is 11.8 Å². The van der Waals surface area contributed by atoms with E-state index in [1.165, 1.54) is 17.3 Å². The van der Waals surface area contributed by atoms with Crippen LogP contribution in [-0.2, 0) is 16.0 Å². The summed E-state index contributed by atoms with van der Waals surface area (Å²) in [5.74, 6) is 0.0234. The van der Waals surface area contributed by atoms with Crippen molar-refractivity contribution in [1.29, 1.82) is 0 Å². The van der Waals surface area contributed by atoms with Gasteiger partial charge in [-0.25, -0.2) is 0 Å². The van der Waals surface area contributed by atoms with Gasteiger partial charge in [0.15, 0.2) is 0 Å². The lowest BCUT2D eigenvalue weighted by atomic mass is 10.1. The van der Waals surface area contributed by atoms with Crippen LogP contribution in [0, 0.1) is 6.92 Å². The van der Waals surface area contributed by atoms with Gasteiger partial charge in [-0.05, 0) is 50.1 Å². The molecule has 0 saturated heterocycles. The predicted octanol–water partition coefficient (Wildman–Crippen LogP) is 4.26. The maximum atomic E-state index is 12.2. The van der Waals surface area contributed by atoms with Crippen LogP contribution in [0.4, 0.5) is 11.4 Å². The number of rotatable bonds is 7. The minimum absolute atomic E-state index is 0.0996. The molecule has 2 N–H and O–H groups in total. The largest absolute Gasteiger partial charge is 0.325 e. The van der Waals surface area contributed by atoms with E-state index in [9.17, 15) is 9.59 Å². The summed E-state index contributed by atoms with van der Waals surface area (Å²) in [4.78, 5) is 24.2. The normalized spacial score (nSPS) is 11.6. The molecule has 2 rings (SSSR count). The zero-order chi connectivity index (χ0) is 18.2. The molecule has 2 aromatic carbocycles. The highest BCUT2D eigenvalue weighted by atomic mass is 32.2. The molecular weight excluding hydrogens is 332 g/mol. The SMILES string of the molecule is CCc1ccc(NC(=O)[C@@H](C)SCC(=O)Nc2ccc(C)cc2)cc1. The summed E-state index contributed by atoms with van der Waals surface area (Å²) in [6.45, 7) is 5.89. The molecule has 5 heteroatoms. The second-order valence-corrected chi connectivity index (χ2v) is 7.24. The third kappa shape index (κ3) is 6.27. The molecule has 0 aliphatic rings. The number of hydrogen-bond acceptors (Lipinski definition) is 3. The quantitative estimate of drug-likeness (QED) is 0.779. The van der Waals surface area contributed by atoms with E-state index in [1.807, 2.05) is 55.5 Å². The van der Waals surface area contributed by atoms with Crippen LogP contribution in [0.2, 0.25) is 0 Å². The highest BCUT2D eigenvalue weighted by Crippen LogP contribution is 2.16. The minimum Gasteiger partial charge on any atom is -0.325 e. The Balaban J connectivity index is 1.77. The van der Waals surface area contributed by atoms with Crippen LogP contribution in [0.3, 0.4) is 0 Å². The second-order valence-electron chi connectivity index (χ2n) is 5.91. The van der Waals surface area contributed by atoms with Crippen LogP contribution in [0.5, 0.6) is 0 Å². The van der Waals surface area contributed by atoms with Gasteiger partial charge in [-0.15, -0.1) is 11.8 Å². The highest BCUT2D eigenvalue weighted by Gasteiger charge is 2.15. The van der Waals surface area contributed by atoms with Crippen molar-refractivity contribution in [3.05, 3.63) is 59.7 Å². The van der Waals surface area contributed by atoms with Gasteiger partial charge in [-0.1, -0.05) is 36.8 Å². The van der Waals surface area contributed by atoms with Gasteiger partial charge in [-0.3, -0.25) is 9.59 Å². The molecule has 25 heavy (non-hydrogen) atoms. The molecule has 2 amide bonds. The Hall–Kier alpha value is -2.27. The van der Waals surface area contributed by atoms with Crippen molar-refractivity contribution < 1.29 is 9.59 Å². The molecule has 0 bridgehead atoms. The molecule has 1 atom stereocenters. The summed E-state index contributed by atoms with van der Waals surface area (Å²) in [7, 11) is 0. The van der Waals surface area contributed by atoms with E-state index in [1.54, 1.807) is 6.92 Å². The highest BCUT2D eigenvalue weighted by molar-refractivity contribution is 8.01. The van der Waals surface area contributed by atoms with Crippen molar-refractivity contribution in [3.8, 4) is 0 Å². The summed E-state index contributed by atoms with van der Waals surface area (Å²) >= 11 is 1.32. The fourth-order valence-electron chi connectivity index (χ4n) is 2.18. The lowest BCUT2D eigenvalue weighted by Crippen LogP contribution is -2.25. The van der Waals surface area contributed by atoms with Crippen molar-refractivity contribution in [2.45, 2.75) is 32.4 Å². The Bertz CT molecular complexity index is 711. The van der Waals surface area contributed by atoms with Gasteiger partial charge in [0.25, 0.3) is 0 Å². The number of hydrogen-bond donors (Lipinski definition) is 2. The number of carbonyl (C=O) groups excluding carboxylic acids is 2. The topological polar surface area (TPSA) is 58.2 Å². The van der Waals surface area contributed by atoms with Gasteiger partial charge >= 0.3 is 0 Å². The van der Waals surface area contributed by atoms with Gasteiger partial charge in [0.1, 0.15) is 0 Å². The Morgan fingerprint density at radius 2 is 1.52 bits per heavy atom. The zero-order valence-electron chi connectivity index (χ0n) is 14.8. The monoisotopic (exact) mass is 356 g/mol. The number of benzene rings is 2. The third-order valence-electron chi connectivity index (χ3n) is 3.80. The number of anilines is 2. The number of aryl methyl sites for hydroxylation is 2. The number of carbonyl (C=O) groups is 2. The fraction of sp³-hybridized carbons (Fsp3) is 0.300. The molecule has 0 aliphatic carbocycles. The Morgan fingerprint density at radius 3 is 2.12 bits per heavy atom. The first kappa shape index (κ1) is 19.1. The first-order valence-corrected chi connectivity index (χ1v) is 9.40. The summed E-state index contributed by atoms with van der Waals surface area (Å²) in [5.41, 5.74) is 3.92. The maximum absolute atomic E-state index is 12.2. The first-order valence-electron chi connectivity index (χ1n) is 8.36. The van der Waals surface area contributed by atoms with Gasteiger partial charge in [0, 0.05) is 11.4 Å². The molecule has 0 fully saturated rings. The summed E-state index contributed by atoms with van der Waals surface area (Å²) in [6, 6.07) is 15.4. The average molecular weight is 356 g/mol. The Morgan fingerprint density at radius 1 is 0.960 bits per heavy atom. The van der Waals surface area contributed by atoms with Crippen LogP contribution in [-0.4, -0.2) is 22.8 Å². The molecule has 0 aromatic heterocycles. The molecule has 0 aliphatic heterocycles. The van der Waals surface area contributed by atoms with Crippen LogP contribution < -0.4 is 10.6 Å². The maximum Gasteiger partial charge on any atom is 0.237 e. The molecular formula is C20H24N2O2S. The lowest BCUT2D eigenvalue weighted by molar-refractivity contribution is -0.115. The summed E-state index contributed by atoms with van der Waals surface area (Å²) in [5, 5.41) is 5.40. The van der Waals surface area contributed by atoms with Crippen molar-refractivity contribution in [3.63, 3.8) is 0 Å². The second kappa shape index (κ2) is 9.28. The molecule has 2 aromatic rings. The van der Waals surface area contributed by atoms with Crippen molar-refractivity contribution in [1.82, 2.24) is 0 Å². The van der Waals surface area contributed by atoms with Crippen molar-refractivity contribution in [2.75, 3.05) is 16.4 Å². The van der Waals surface area contributed by atoms with E-state index >= 15 is 0 Å². The summed E-state index contributed by atoms with van der Waals surface area (Å²) < 4.78 is 0. The molecule has 132 valence electrons. The van der Waals surface area contributed by atoms with Crippen LogP contribution in [0.15, 0.2) is 48.5 Å². The van der Waals surface area contributed by atoms with Crippen LogP contribution >= 0.6 is 11.8 Å². The Kier molecular flexibility index (Phi) is 7.07. The van der Waals surface area contributed by atoms with E-state index in [0.29, 0.717) is 0 Å². The van der Waals surface area contributed by atoms with Crippen molar-refractivity contribution in [2.24, 2.45) is 0 Å². The van der Waals surface area contributed by atoms with Gasteiger partial charge in [-0.2, -0.15) is 0 Å². The van der Waals surface area contributed by atoms with Gasteiger partial charge < -0.3 is 10.6 Å². The van der Waals surface area contributed by atoms with E-state index in [2.05, 4.69) is 17.6 Å². The smallest absolute Gasteiger partial charge is 0.237 e. The molecule has 0 saturated carbocycles. The van der Waals surface area contributed by atoms with E-state index < -0.39 is 0 Å².